The molecule has 0 aromatic heterocycles. The van der Waals surface area contributed by atoms with Gasteiger partial charge >= 0.3 is 24.0 Å². The van der Waals surface area contributed by atoms with Crippen molar-refractivity contribution in [3.63, 3.8) is 0 Å². The maximum Gasteiger partial charge on any atom is 0.413 e. The number of carbonyl (C=O) groups is 2. The molecule has 5 nitrogen and oxygen atoms in total. The van der Waals surface area contributed by atoms with Crippen molar-refractivity contribution in [2.24, 2.45) is 0 Å². The van der Waals surface area contributed by atoms with Crippen molar-refractivity contribution >= 4 is 56.0 Å². The van der Waals surface area contributed by atoms with Crippen molar-refractivity contribution in [3.05, 3.63) is 71.8 Å². The summed E-state index contributed by atoms with van der Waals surface area (Å²) in [7, 11) is 0. The van der Waals surface area contributed by atoms with E-state index in [4.69, 9.17) is 9.47 Å². The Labute approximate surface area is 186 Å². The van der Waals surface area contributed by atoms with Gasteiger partial charge in [0, 0.05) is 5.56 Å². The minimum absolute atomic E-state index is 0.160. The maximum absolute atomic E-state index is 13.2. The van der Waals surface area contributed by atoms with Crippen molar-refractivity contribution in [2.75, 3.05) is 12.0 Å². The summed E-state index contributed by atoms with van der Waals surface area (Å²) in [5.41, 5.74) is 1.68. The Hall–Kier alpha value is -1.21. The predicted octanol–water partition coefficient (Wildman–Crippen LogP) is 4.12. The molecule has 0 saturated carbocycles. The number of rotatable bonds is 7. The van der Waals surface area contributed by atoms with E-state index in [0.29, 0.717) is 6.42 Å². The fraction of sp³-hybridized carbons (Fsp3) is 0.300. The van der Waals surface area contributed by atoms with Gasteiger partial charge in [-0.25, -0.2) is 25.1 Å². The third-order valence-electron chi connectivity index (χ3n) is 4.72. The monoisotopic (exact) mass is 525 g/mol. The number of esters is 1. The van der Waals surface area contributed by atoms with Crippen LogP contribution in [0.15, 0.2) is 60.7 Å². The Morgan fingerprint density at radius 2 is 1.86 bits per heavy atom. The topological polar surface area (TPSA) is 55.8 Å². The zero-order valence-corrected chi connectivity index (χ0v) is 19.9. The fourth-order valence-electron chi connectivity index (χ4n) is 3.16. The molecule has 0 aliphatic carbocycles. The van der Waals surface area contributed by atoms with Crippen LogP contribution in [0.1, 0.15) is 23.8 Å². The molecule has 2 aromatic carbocycles. The summed E-state index contributed by atoms with van der Waals surface area (Å²) in [6.07, 6.45) is 1.32. The molecule has 2 aromatic rings. The number of halogens is 1. The molecule has 1 heterocycles. The molecule has 146 valence electrons. The van der Waals surface area contributed by atoms with Crippen LogP contribution in [0.4, 0.5) is 4.79 Å². The minimum atomic E-state index is -0.984. The van der Waals surface area contributed by atoms with Crippen LogP contribution in [0.3, 0.4) is 0 Å². The van der Waals surface area contributed by atoms with Gasteiger partial charge in [-0.2, -0.15) is 11.8 Å². The van der Waals surface area contributed by atoms with E-state index >= 15 is 0 Å². The highest BCUT2D eigenvalue weighted by Crippen LogP contribution is 2.41. The largest absolute Gasteiger partial charge is 0.444 e. The third-order valence-corrected chi connectivity index (χ3v) is 10.5. The van der Waals surface area contributed by atoms with Gasteiger partial charge in [0.1, 0.15) is 11.0 Å². The van der Waals surface area contributed by atoms with Crippen molar-refractivity contribution in [1.29, 1.82) is 0 Å². The molecule has 1 fully saturated rings. The molecule has 0 bridgehead atoms. The molecule has 1 amide bonds. The quantitative estimate of drug-likeness (QED) is 0.310. The molecule has 2 atom stereocenters. The number of benzene rings is 2. The Morgan fingerprint density at radius 3 is 2.46 bits per heavy atom. The molecule has 3 rings (SSSR count). The summed E-state index contributed by atoms with van der Waals surface area (Å²) in [4.78, 5) is 27.7. The van der Waals surface area contributed by atoms with Gasteiger partial charge in [0.15, 0.2) is 0 Å². The molecule has 0 N–H and O–H groups in total. The minimum Gasteiger partial charge on any atom is -0.444 e. The van der Waals surface area contributed by atoms with Crippen molar-refractivity contribution in [3.8, 4) is 0 Å². The average molecular weight is 525 g/mol. The van der Waals surface area contributed by atoms with E-state index in [1.807, 2.05) is 66.9 Å². The summed E-state index contributed by atoms with van der Waals surface area (Å²) >= 11 is 2.97. The standard InChI is InChI=1S/C20H20NO4S.Al.HI.H/c1-26-13-12-17-19(22)25-18(16-10-6-3-7-11-16)21(17)20(23)24-14-15-8-4-2-5-9-15;;;/h2-11,18H,12-14H2,1H3;;1H;/q;+1;;/p-1/t18-;;;/m1.../s1. The lowest BCUT2D eigenvalue weighted by atomic mass is 10.1. The number of nitrogens with zero attached hydrogens (tertiary/aromatic N) is 1. The maximum atomic E-state index is 13.2. The van der Waals surface area contributed by atoms with E-state index in [0.717, 1.165) is 16.9 Å². The Morgan fingerprint density at radius 1 is 1.21 bits per heavy atom. The second-order valence-corrected chi connectivity index (χ2v) is 11.2. The first-order valence-corrected chi connectivity index (χ1v) is 16.1. The number of carbonyl (C=O) groups excluding carboxylic acids is 2. The van der Waals surface area contributed by atoms with Gasteiger partial charge in [-0.1, -0.05) is 60.7 Å². The third kappa shape index (κ3) is 4.51. The van der Waals surface area contributed by atoms with Crippen LogP contribution in [0.5, 0.6) is 0 Å². The van der Waals surface area contributed by atoms with E-state index < -0.39 is 28.7 Å². The molecule has 1 aliphatic rings. The Bertz CT molecular complexity index is 810. The van der Waals surface area contributed by atoms with E-state index in [2.05, 4.69) is 20.3 Å². The predicted molar refractivity (Wildman–Crippen MR) is 121 cm³/mol. The molecular formula is C20H21AlINO4S. The molecule has 0 unspecified atom stereocenters. The first-order chi connectivity index (χ1) is 13.6. The smallest absolute Gasteiger partial charge is 0.413 e. The van der Waals surface area contributed by atoms with Gasteiger partial charge in [-0.3, -0.25) is 9.69 Å². The van der Waals surface area contributed by atoms with Crippen molar-refractivity contribution < 1.29 is 19.1 Å². The summed E-state index contributed by atoms with van der Waals surface area (Å²) in [6, 6.07) is 18.9. The summed E-state index contributed by atoms with van der Waals surface area (Å²) in [5, 5.41) is 0. The van der Waals surface area contributed by atoms with Gasteiger partial charge in [0.05, 0.1) is 0 Å². The normalized spacial score (nSPS) is 21.3. The second-order valence-electron chi connectivity index (χ2n) is 6.49. The van der Waals surface area contributed by atoms with Crippen molar-refractivity contribution in [1.82, 2.24) is 4.90 Å². The number of thioether (sulfide) groups is 1. The van der Waals surface area contributed by atoms with Crippen LogP contribution in [-0.4, -0.2) is 45.3 Å². The van der Waals surface area contributed by atoms with Crippen LogP contribution in [0.25, 0.3) is 0 Å². The average Bonchev–Trinajstić information content (AvgIpc) is 3.04. The highest BCUT2D eigenvalue weighted by Gasteiger charge is 2.58. The van der Waals surface area contributed by atoms with Crippen LogP contribution < -0.4 is 0 Å². The lowest BCUT2D eigenvalue weighted by molar-refractivity contribution is -0.143. The second kappa shape index (κ2) is 10.0. The first kappa shape index (κ1) is 21.5. The molecule has 1 saturated heterocycles. The molecular weight excluding hydrogens is 504 g/mol. The number of hydrogen-bond donors (Lipinski definition) is 0. The van der Waals surface area contributed by atoms with Gasteiger partial charge < -0.3 is 9.47 Å². The fourth-order valence-corrected chi connectivity index (χ4v) is 8.07. The molecule has 1 aliphatic heterocycles. The summed E-state index contributed by atoms with van der Waals surface area (Å²) in [5.74, 6) is 0.461. The Kier molecular flexibility index (Phi) is 7.69. The van der Waals surface area contributed by atoms with Crippen LogP contribution in [-0.2, 0) is 20.9 Å². The van der Waals surface area contributed by atoms with E-state index in [1.165, 1.54) is 0 Å². The Balaban J connectivity index is 1.90. The van der Waals surface area contributed by atoms with Crippen LogP contribution in [0.2, 0.25) is 0 Å². The zero-order chi connectivity index (χ0) is 20.0. The van der Waals surface area contributed by atoms with Crippen LogP contribution in [0, 0.1) is 0 Å². The highest BCUT2D eigenvalue weighted by molar-refractivity contribution is 14.1. The molecule has 0 radical (unpaired) electrons. The SMILES string of the molecule is CSCC[C@]1([AlH][I])C(=O)O[C@H](c2ccccc2)N1C(=O)OCc1ccccc1. The number of amides is 1. The highest BCUT2D eigenvalue weighted by atomic mass is 127. The van der Waals surface area contributed by atoms with Gasteiger partial charge in [0.25, 0.3) is 0 Å². The lowest BCUT2D eigenvalue weighted by Gasteiger charge is -2.34. The molecule has 8 heteroatoms. The van der Waals surface area contributed by atoms with E-state index in [1.54, 1.807) is 16.7 Å². The lowest BCUT2D eigenvalue weighted by Crippen LogP contribution is -2.55. The number of ether oxygens (including phenoxy) is 2. The number of hydrogen-bond acceptors (Lipinski definition) is 5. The van der Waals surface area contributed by atoms with Crippen LogP contribution >= 0.6 is 32.0 Å². The molecule has 0 spiro atoms. The van der Waals surface area contributed by atoms with Crippen molar-refractivity contribution in [2.45, 2.75) is 23.7 Å². The zero-order valence-electron chi connectivity index (χ0n) is 15.5. The number of cyclic esters (lactones) is 1. The van der Waals surface area contributed by atoms with Gasteiger partial charge in [-0.05, 0) is 24.0 Å². The van der Waals surface area contributed by atoms with E-state index in [9.17, 15) is 9.59 Å². The van der Waals surface area contributed by atoms with E-state index in [-0.39, 0.29) is 12.6 Å². The van der Waals surface area contributed by atoms with Gasteiger partial charge in [0.2, 0.25) is 6.23 Å². The van der Waals surface area contributed by atoms with Gasteiger partial charge in [-0.15, -0.1) is 0 Å². The summed E-state index contributed by atoms with van der Waals surface area (Å²) in [6.45, 7) is 0.160. The summed E-state index contributed by atoms with van der Waals surface area (Å²) < 4.78 is 10.5. The first-order valence-electron chi connectivity index (χ1n) is 8.93. The molecule has 28 heavy (non-hydrogen) atoms.